The number of amides is 1. The normalized spacial score (nSPS) is 12.9. The van der Waals surface area contributed by atoms with Crippen molar-refractivity contribution in [3.05, 3.63) is 95.2 Å². The van der Waals surface area contributed by atoms with Crippen LogP contribution in [0.3, 0.4) is 0 Å². The number of benzene rings is 3. The van der Waals surface area contributed by atoms with Crippen molar-refractivity contribution in [3.63, 3.8) is 0 Å². The number of carboxylic acid groups (broad SMARTS) is 1. The molecule has 1 heterocycles. The molecular weight excluding hydrogens is 496 g/mol. The predicted molar refractivity (Wildman–Crippen MR) is 147 cm³/mol. The summed E-state index contributed by atoms with van der Waals surface area (Å²) >= 11 is 0. The van der Waals surface area contributed by atoms with E-state index in [-0.39, 0.29) is 13.0 Å². The third-order valence-corrected chi connectivity index (χ3v) is 6.71. The maximum Gasteiger partial charge on any atom is 0.419 e. The first-order chi connectivity index (χ1) is 18.6. The molecule has 3 aromatic carbocycles. The molecule has 0 saturated heterocycles. The van der Waals surface area contributed by atoms with Crippen LogP contribution in [0.5, 0.6) is 0 Å². The number of carbonyl (C=O) groups is 3. The Morgan fingerprint density at radius 1 is 0.949 bits per heavy atom. The molecule has 200 valence electrons. The predicted octanol–water partition coefficient (Wildman–Crippen LogP) is 5.92. The van der Waals surface area contributed by atoms with E-state index >= 15 is 0 Å². The Hall–Kier alpha value is -4.59. The molecule has 1 atom stereocenters. The van der Waals surface area contributed by atoms with Crippen molar-refractivity contribution in [1.82, 2.24) is 9.88 Å². The maximum absolute atomic E-state index is 12.8. The zero-order chi connectivity index (χ0) is 27.7. The number of rotatable bonds is 6. The minimum Gasteiger partial charge on any atom is -0.480 e. The summed E-state index contributed by atoms with van der Waals surface area (Å²) in [6.45, 7) is 5.34. The molecule has 4 aromatic rings. The average Bonchev–Trinajstić information content (AvgIpc) is 3.45. The van der Waals surface area contributed by atoms with Crippen LogP contribution in [0.4, 0.5) is 9.59 Å². The van der Waals surface area contributed by atoms with Crippen LogP contribution in [-0.2, 0) is 33.7 Å². The third kappa shape index (κ3) is 5.50. The molecule has 1 aliphatic carbocycles. The lowest BCUT2D eigenvalue weighted by atomic mass is 10.0. The van der Waals surface area contributed by atoms with Crippen molar-refractivity contribution in [3.8, 4) is 11.1 Å². The summed E-state index contributed by atoms with van der Waals surface area (Å²) in [4.78, 5) is 37.6. The topological polar surface area (TPSA) is 107 Å². The first-order valence-corrected chi connectivity index (χ1v) is 12.8. The van der Waals surface area contributed by atoms with Gasteiger partial charge in [-0.3, -0.25) is 4.57 Å². The lowest BCUT2D eigenvalue weighted by molar-refractivity contribution is -0.139. The summed E-state index contributed by atoms with van der Waals surface area (Å²) in [6, 6.07) is 20.0. The molecule has 2 N–H and O–H groups in total. The van der Waals surface area contributed by atoms with Gasteiger partial charge in [0.25, 0.3) is 0 Å². The number of aliphatic carboxylic acids is 1. The molecule has 8 heteroatoms. The van der Waals surface area contributed by atoms with Gasteiger partial charge >= 0.3 is 18.2 Å². The highest BCUT2D eigenvalue weighted by Crippen LogP contribution is 2.38. The van der Waals surface area contributed by atoms with E-state index in [0.29, 0.717) is 16.5 Å². The second-order valence-corrected chi connectivity index (χ2v) is 10.6. The number of hydrogen-bond donors (Lipinski definition) is 2. The Bertz CT molecular complexity index is 1580. The lowest BCUT2D eigenvalue weighted by Crippen LogP contribution is -2.42. The summed E-state index contributed by atoms with van der Waals surface area (Å²) in [5.41, 5.74) is 5.99. The van der Waals surface area contributed by atoms with Gasteiger partial charge in [-0.15, -0.1) is 0 Å². The molecule has 1 amide bonds. The van der Waals surface area contributed by atoms with Crippen LogP contribution >= 0.6 is 0 Å². The van der Waals surface area contributed by atoms with Gasteiger partial charge in [0.1, 0.15) is 18.2 Å². The minimum atomic E-state index is -1.26. The van der Waals surface area contributed by atoms with Crippen LogP contribution in [0.1, 0.15) is 43.0 Å². The second-order valence-electron chi connectivity index (χ2n) is 10.6. The Balaban J connectivity index is 1.29. The number of aromatic nitrogens is 1. The molecule has 0 unspecified atom stereocenters. The monoisotopic (exact) mass is 526 g/mol. The average molecular weight is 527 g/mol. The van der Waals surface area contributed by atoms with Crippen molar-refractivity contribution in [2.45, 2.75) is 51.9 Å². The number of carbonyl (C=O) groups excluding carboxylic acids is 2. The van der Waals surface area contributed by atoms with Crippen molar-refractivity contribution in [2.24, 2.45) is 0 Å². The van der Waals surface area contributed by atoms with Crippen molar-refractivity contribution in [1.29, 1.82) is 0 Å². The minimum absolute atomic E-state index is 0.0211. The fourth-order valence-corrected chi connectivity index (χ4v) is 4.98. The Kier molecular flexibility index (Phi) is 6.87. The summed E-state index contributed by atoms with van der Waals surface area (Å²) < 4.78 is 12.3. The molecule has 0 fully saturated rings. The zero-order valence-electron chi connectivity index (χ0n) is 22.1. The molecule has 0 saturated carbocycles. The number of fused-ring (bicyclic) bond motifs is 4. The van der Waals surface area contributed by atoms with Gasteiger partial charge in [-0.25, -0.2) is 14.4 Å². The fourth-order valence-electron chi connectivity index (χ4n) is 4.98. The molecule has 0 aliphatic heterocycles. The smallest absolute Gasteiger partial charge is 0.419 e. The zero-order valence-corrected chi connectivity index (χ0v) is 22.1. The summed E-state index contributed by atoms with van der Waals surface area (Å²) in [5, 5.41) is 13.0. The molecule has 8 nitrogen and oxygen atoms in total. The van der Waals surface area contributed by atoms with Crippen molar-refractivity contribution in [2.75, 3.05) is 0 Å². The maximum atomic E-state index is 12.8. The first-order valence-electron chi connectivity index (χ1n) is 12.8. The Labute approximate surface area is 226 Å². The highest BCUT2D eigenvalue weighted by molar-refractivity contribution is 5.92. The van der Waals surface area contributed by atoms with Gasteiger partial charge in [-0.2, -0.15) is 0 Å². The van der Waals surface area contributed by atoms with E-state index in [1.165, 1.54) is 15.7 Å². The second kappa shape index (κ2) is 10.3. The van der Waals surface area contributed by atoms with E-state index in [9.17, 15) is 19.5 Å². The van der Waals surface area contributed by atoms with Crippen LogP contribution in [0.2, 0.25) is 0 Å². The lowest BCUT2D eigenvalue weighted by Gasteiger charge is -2.19. The number of carboxylic acids is 1. The molecule has 5 rings (SSSR count). The van der Waals surface area contributed by atoms with Crippen LogP contribution in [0.15, 0.2) is 72.9 Å². The van der Waals surface area contributed by atoms with E-state index < -0.39 is 29.8 Å². The number of nitrogens with one attached hydrogen (secondary N) is 1. The Morgan fingerprint density at radius 3 is 2.44 bits per heavy atom. The number of nitrogens with zero attached hydrogens (tertiary/aromatic N) is 1. The molecular formula is C31H30N2O6. The molecule has 0 bridgehead atoms. The van der Waals surface area contributed by atoms with Gasteiger partial charge in [0, 0.05) is 18.0 Å². The largest absolute Gasteiger partial charge is 0.480 e. The summed E-state index contributed by atoms with van der Waals surface area (Å²) in [5.74, 6) is -1.21. The fraction of sp³-hybridized carbons (Fsp3) is 0.258. The van der Waals surface area contributed by atoms with E-state index in [1.54, 1.807) is 51.2 Å². The quantitative estimate of drug-likeness (QED) is 0.285. The van der Waals surface area contributed by atoms with Crippen LogP contribution in [0, 0.1) is 0 Å². The molecule has 0 spiro atoms. The number of alkyl carbamates (subject to hydrolysis) is 1. The highest BCUT2D eigenvalue weighted by Gasteiger charge is 2.26. The van der Waals surface area contributed by atoms with Crippen molar-refractivity contribution < 1.29 is 29.0 Å². The van der Waals surface area contributed by atoms with E-state index in [1.807, 2.05) is 24.3 Å². The van der Waals surface area contributed by atoms with E-state index in [0.717, 1.165) is 23.1 Å². The van der Waals surface area contributed by atoms with Gasteiger partial charge < -0.3 is 19.9 Å². The van der Waals surface area contributed by atoms with Gasteiger partial charge in [0.05, 0.1) is 5.52 Å². The SMILES string of the molecule is CC(C)(C)OC(=O)n1cc(C[C@H](NC(=O)OCc2cccc3c2Cc2ccccc2-3)C(=O)O)c2ccccc21. The third-order valence-electron chi connectivity index (χ3n) is 6.71. The summed E-state index contributed by atoms with van der Waals surface area (Å²) in [6.07, 6.45) is 0.878. The number of ether oxygens (including phenoxy) is 2. The highest BCUT2D eigenvalue weighted by atomic mass is 16.6. The standard InChI is InChI=1S/C31H30N2O6/c1-31(2,3)39-30(37)33-17-21(23-12-6-7-14-27(23)33)16-26(28(34)35)32-29(36)38-18-20-10-8-13-24-22-11-5-4-9-19(22)15-25(20)24/h4-14,17,26H,15-16,18H2,1-3H3,(H,32,36)(H,34,35)/t26-/m0/s1. The van der Waals surface area contributed by atoms with Gasteiger partial charge in [-0.05, 0) is 66.6 Å². The molecule has 1 aromatic heterocycles. The van der Waals surface area contributed by atoms with Gasteiger partial charge in [0.2, 0.25) is 0 Å². The van der Waals surface area contributed by atoms with E-state index in [4.69, 9.17) is 9.47 Å². The molecule has 1 aliphatic rings. The molecule has 0 radical (unpaired) electrons. The number of hydrogen-bond acceptors (Lipinski definition) is 5. The van der Waals surface area contributed by atoms with Gasteiger partial charge in [0.15, 0.2) is 0 Å². The van der Waals surface area contributed by atoms with Crippen LogP contribution in [-0.4, -0.2) is 39.5 Å². The summed E-state index contributed by atoms with van der Waals surface area (Å²) in [7, 11) is 0. The van der Waals surface area contributed by atoms with Crippen molar-refractivity contribution >= 4 is 29.1 Å². The van der Waals surface area contributed by atoms with Gasteiger partial charge in [-0.1, -0.05) is 60.7 Å². The number of para-hydroxylation sites is 1. The van der Waals surface area contributed by atoms with Crippen LogP contribution in [0.25, 0.3) is 22.0 Å². The molecule has 39 heavy (non-hydrogen) atoms. The van der Waals surface area contributed by atoms with E-state index in [2.05, 4.69) is 23.5 Å². The van der Waals surface area contributed by atoms with Crippen LogP contribution < -0.4 is 5.32 Å². The first kappa shape index (κ1) is 26.0. The Morgan fingerprint density at radius 2 is 1.67 bits per heavy atom.